The van der Waals surface area contributed by atoms with Crippen LogP contribution in [0.15, 0.2) is 4.52 Å². The van der Waals surface area contributed by atoms with E-state index < -0.39 is 29.6 Å². The molecule has 4 atom stereocenters. The highest BCUT2D eigenvalue weighted by Gasteiger charge is 2.51. The summed E-state index contributed by atoms with van der Waals surface area (Å²) in [5.74, 6) is -1.75. The molecular weight excluding hydrogens is 509 g/mol. The Bertz CT molecular complexity index is 990. The number of carbonyl (C=O) groups excluding carboxylic acids is 1. The molecule has 1 unspecified atom stereocenters. The van der Waals surface area contributed by atoms with Gasteiger partial charge in [0.05, 0.1) is 5.92 Å². The number of hydrogen-bond donors (Lipinski definition) is 1. The van der Waals surface area contributed by atoms with Gasteiger partial charge in [0, 0.05) is 56.6 Å². The molecule has 4 aliphatic rings. The monoisotopic (exact) mass is 554 g/mol. The van der Waals surface area contributed by atoms with Crippen molar-refractivity contribution in [1.82, 2.24) is 30.2 Å². The van der Waals surface area contributed by atoms with Gasteiger partial charge >= 0.3 is 6.03 Å². The van der Waals surface area contributed by atoms with Gasteiger partial charge in [-0.05, 0) is 57.9 Å². The first-order valence-electron chi connectivity index (χ1n) is 14.8. The summed E-state index contributed by atoms with van der Waals surface area (Å²) in [4.78, 5) is 24.0. The van der Waals surface area contributed by atoms with Crippen LogP contribution >= 0.6 is 0 Å². The van der Waals surface area contributed by atoms with Crippen molar-refractivity contribution >= 4 is 6.03 Å². The van der Waals surface area contributed by atoms with E-state index in [2.05, 4.69) is 46.2 Å². The van der Waals surface area contributed by atoms with E-state index in [0.717, 1.165) is 32.5 Å². The first-order chi connectivity index (χ1) is 18.5. The molecule has 2 aliphatic heterocycles. The number of likely N-dealkylation sites (tertiary alicyclic amines) is 2. The number of aromatic nitrogens is 2. The van der Waals surface area contributed by atoms with Gasteiger partial charge in [0.25, 0.3) is 5.92 Å². The van der Waals surface area contributed by atoms with Gasteiger partial charge in [-0.2, -0.15) is 4.98 Å². The molecule has 4 fully saturated rings. The van der Waals surface area contributed by atoms with Crippen LogP contribution in [0.25, 0.3) is 0 Å². The van der Waals surface area contributed by atoms with E-state index in [1.165, 1.54) is 0 Å². The van der Waals surface area contributed by atoms with E-state index in [1.54, 1.807) is 4.90 Å². The number of halogens is 3. The van der Waals surface area contributed by atoms with Crippen LogP contribution in [-0.4, -0.2) is 101 Å². The number of piperidine rings is 2. The van der Waals surface area contributed by atoms with Gasteiger partial charge in [-0.25, -0.2) is 18.0 Å². The van der Waals surface area contributed by atoms with Gasteiger partial charge in [0.1, 0.15) is 12.2 Å². The average molecular weight is 555 g/mol. The lowest BCUT2D eigenvalue weighted by atomic mass is 9.79. The summed E-state index contributed by atoms with van der Waals surface area (Å²) in [6.07, 6.45) is 3.56. The molecule has 0 bridgehead atoms. The molecule has 5 rings (SSSR count). The van der Waals surface area contributed by atoms with Crippen LogP contribution in [0.2, 0.25) is 0 Å². The molecule has 1 aromatic rings. The fourth-order valence-corrected chi connectivity index (χ4v) is 6.83. The zero-order chi connectivity index (χ0) is 27.9. The summed E-state index contributed by atoms with van der Waals surface area (Å²) in [5.41, 5.74) is -0.399. The first-order valence-corrected chi connectivity index (χ1v) is 14.8. The number of nitrogens with zero attached hydrogens (tertiary/aromatic N) is 5. The van der Waals surface area contributed by atoms with Crippen molar-refractivity contribution in [3.8, 4) is 0 Å². The Hall–Kier alpha value is -1.88. The summed E-state index contributed by atoms with van der Waals surface area (Å²) in [5, 5.41) is 6.88. The number of alkyl halides is 3. The van der Waals surface area contributed by atoms with Crippen LogP contribution in [0.4, 0.5) is 18.0 Å². The Morgan fingerprint density at radius 1 is 1.15 bits per heavy atom. The summed E-state index contributed by atoms with van der Waals surface area (Å²) in [7, 11) is 2.16. The standard InChI is InChI=1S/C28H45F3N6O2/c1-18(2)17-35(4)19-7-12-36(13-8-19)22-6-5-9-28(30,31)23(22)32-26(38)37-14-10-27(3,11-15-37)25-33-24(39-34-25)20-16-21(20)29/h18-23H,5-17H2,1-4H3,(H,32,38)/t20?,21-,22-,23+/m0/s1. The van der Waals surface area contributed by atoms with E-state index in [9.17, 15) is 9.18 Å². The lowest BCUT2D eigenvalue weighted by molar-refractivity contribution is -0.0961. The van der Waals surface area contributed by atoms with Crippen LogP contribution in [0.1, 0.15) is 89.8 Å². The van der Waals surface area contributed by atoms with Crippen molar-refractivity contribution in [1.29, 1.82) is 0 Å². The molecule has 8 nitrogen and oxygen atoms in total. The molecule has 220 valence electrons. The maximum absolute atomic E-state index is 15.3. The van der Waals surface area contributed by atoms with Gasteiger partial charge in [0.2, 0.25) is 5.89 Å². The normalized spacial score (nSPS) is 31.6. The highest BCUT2D eigenvalue weighted by Crippen LogP contribution is 2.44. The zero-order valence-electron chi connectivity index (χ0n) is 23.8. The maximum atomic E-state index is 15.3. The first kappa shape index (κ1) is 28.6. The van der Waals surface area contributed by atoms with Crippen molar-refractivity contribution < 1.29 is 22.5 Å². The lowest BCUT2D eigenvalue weighted by Crippen LogP contribution is -2.65. The number of rotatable bonds is 7. The highest BCUT2D eigenvalue weighted by atomic mass is 19.3. The predicted molar refractivity (Wildman–Crippen MR) is 142 cm³/mol. The molecule has 2 saturated heterocycles. The third-order valence-electron chi connectivity index (χ3n) is 9.54. The van der Waals surface area contributed by atoms with Crippen LogP contribution in [0, 0.1) is 5.92 Å². The fourth-order valence-electron chi connectivity index (χ4n) is 6.83. The summed E-state index contributed by atoms with van der Waals surface area (Å²) >= 11 is 0. The highest BCUT2D eigenvalue weighted by molar-refractivity contribution is 5.75. The second-order valence-electron chi connectivity index (χ2n) is 13.1. The Morgan fingerprint density at radius 2 is 1.82 bits per heavy atom. The minimum Gasteiger partial charge on any atom is -0.339 e. The number of nitrogens with one attached hydrogen (secondary N) is 1. The Balaban J connectivity index is 1.17. The molecule has 2 aliphatic carbocycles. The van der Waals surface area contributed by atoms with Crippen molar-refractivity contribution in [2.75, 3.05) is 39.8 Å². The largest absolute Gasteiger partial charge is 0.339 e. The van der Waals surface area contributed by atoms with Gasteiger partial charge in [0.15, 0.2) is 5.82 Å². The second-order valence-corrected chi connectivity index (χ2v) is 13.1. The maximum Gasteiger partial charge on any atom is 0.317 e. The molecular formula is C28H45F3N6O2. The van der Waals surface area contributed by atoms with Gasteiger partial charge < -0.3 is 19.6 Å². The Morgan fingerprint density at radius 3 is 2.44 bits per heavy atom. The van der Waals surface area contributed by atoms with Crippen LogP contribution in [0.5, 0.6) is 0 Å². The van der Waals surface area contributed by atoms with Crippen molar-refractivity contribution in [2.24, 2.45) is 5.92 Å². The number of urea groups is 1. The van der Waals surface area contributed by atoms with E-state index in [0.29, 0.717) is 68.9 Å². The number of hydrogen-bond acceptors (Lipinski definition) is 6. The molecule has 0 aromatic carbocycles. The second kappa shape index (κ2) is 11.2. The molecule has 2 saturated carbocycles. The van der Waals surface area contributed by atoms with Crippen LogP contribution in [0.3, 0.4) is 0 Å². The van der Waals surface area contributed by atoms with E-state index in [1.807, 2.05) is 6.92 Å². The smallest absolute Gasteiger partial charge is 0.317 e. The molecule has 0 spiro atoms. The average Bonchev–Trinajstić information content (AvgIpc) is 3.40. The van der Waals surface area contributed by atoms with Crippen LogP contribution in [-0.2, 0) is 5.41 Å². The van der Waals surface area contributed by atoms with Crippen molar-refractivity contribution in [2.45, 2.75) is 114 Å². The summed E-state index contributed by atoms with van der Waals surface area (Å²) < 4.78 is 49.2. The van der Waals surface area contributed by atoms with Crippen LogP contribution < -0.4 is 5.32 Å². The van der Waals surface area contributed by atoms with Crippen molar-refractivity contribution in [3.05, 3.63) is 11.7 Å². The minimum absolute atomic E-state index is 0.193. The number of amides is 2. The predicted octanol–water partition coefficient (Wildman–Crippen LogP) is 4.57. The fraction of sp³-hybridized carbons (Fsp3) is 0.893. The summed E-state index contributed by atoms with van der Waals surface area (Å²) in [6.45, 7) is 9.86. The molecule has 1 N–H and O–H groups in total. The molecule has 1 aromatic heterocycles. The zero-order valence-corrected chi connectivity index (χ0v) is 23.8. The molecule has 39 heavy (non-hydrogen) atoms. The molecule has 3 heterocycles. The minimum atomic E-state index is -2.94. The van der Waals surface area contributed by atoms with Gasteiger partial charge in [-0.1, -0.05) is 25.9 Å². The SMILES string of the molecule is CC(C)CN(C)C1CCN([C@H]2CCCC(F)(F)[C@@H]2NC(=O)N2CCC(C)(c3noc(C4C[C@@H]4F)n3)CC2)CC1. The van der Waals surface area contributed by atoms with E-state index in [-0.39, 0.29) is 18.4 Å². The third kappa shape index (κ3) is 6.24. The Labute approximate surface area is 230 Å². The van der Waals surface area contributed by atoms with E-state index in [4.69, 9.17) is 4.52 Å². The topological polar surface area (TPSA) is 77.7 Å². The number of carbonyl (C=O) groups is 1. The molecule has 2 amide bonds. The quantitative estimate of drug-likeness (QED) is 0.532. The summed E-state index contributed by atoms with van der Waals surface area (Å²) in [6, 6.07) is -1.50. The van der Waals surface area contributed by atoms with Crippen molar-refractivity contribution in [3.63, 3.8) is 0 Å². The molecule has 0 radical (unpaired) electrons. The molecule has 11 heteroatoms. The van der Waals surface area contributed by atoms with E-state index >= 15 is 8.78 Å². The van der Waals surface area contributed by atoms with Gasteiger partial charge in [-0.3, -0.25) is 4.90 Å². The van der Waals surface area contributed by atoms with Gasteiger partial charge in [-0.15, -0.1) is 0 Å². The Kier molecular flexibility index (Phi) is 8.21. The lowest BCUT2D eigenvalue weighted by Gasteiger charge is -2.47. The third-order valence-corrected chi connectivity index (χ3v) is 9.54.